The van der Waals surface area contributed by atoms with Crippen LogP contribution in [0.5, 0.6) is 11.5 Å². The van der Waals surface area contributed by atoms with Gasteiger partial charge in [0.05, 0.1) is 27.0 Å². The maximum absolute atomic E-state index is 13.8. The Hall–Kier alpha value is -3.82. The number of carboxylic acid groups (broad SMARTS) is 1. The molecule has 1 aromatic heterocycles. The normalized spacial score (nSPS) is 14.6. The SMILES string of the molecule is CN(CC(=O)O)C(=O)c1cc(Cl)c(Oc2ccncc2C(=O)N2CCN(C3CC3)c3ccccc32)cc1Cl. The fraction of sp³-hybridized carbons (Fsp3) is 0.259. The fourth-order valence-electron chi connectivity index (χ4n) is 4.51. The molecule has 1 N–H and O–H groups in total. The van der Waals surface area contributed by atoms with E-state index in [1.54, 1.807) is 11.0 Å². The molecule has 1 aliphatic heterocycles. The van der Waals surface area contributed by atoms with Crippen LogP contribution in [0.1, 0.15) is 33.6 Å². The molecular formula is C27H24Cl2N4O5. The van der Waals surface area contributed by atoms with E-state index in [4.69, 9.17) is 33.0 Å². The number of amides is 2. The Bertz CT molecular complexity index is 1430. The van der Waals surface area contributed by atoms with Gasteiger partial charge in [-0.1, -0.05) is 35.3 Å². The number of hydrogen-bond acceptors (Lipinski definition) is 6. The molecule has 9 nitrogen and oxygen atoms in total. The molecule has 2 aromatic carbocycles. The Morgan fingerprint density at radius 3 is 2.47 bits per heavy atom. The zero-order valence-electron chi connectivity index (χ0n) is 20.4. The fourth-order valence-corrected chi connectivity index (χ4v) is 4.94. The van der Waals surface area contributed by atoms with E-state index < -0.39 is 18.4 Å². The van der Waals surface area contributed by atoms with Crippen LogP contribution in [0.3, 0.4) is 0 Å². The summed E-state index contributed by atoms with van der Waals surface area (Å²) >= 11 is 12.8. The van der Waals surface area contributed by atoms with E-state index in [1.807, 2.05) is 24.3 Å². The maximum atomic E-state index is 13.8. The molecule has 0 bridgehead atoms. The van der Waals surface area contributed by atoms with E-state index in [-0.39, 0.29) is 38.6 Å². The highest BCUT2D eigenvalue weighted by molar-refractivity contribution is 6.36. The van der Waals surface area contributed by atoms with E-state index in [1.165, 1.54) is 31.6 Å². The third-order valence-corrected chi connectivity index (χ3v) is 7.09. The van der Waals surface area contributed by atoms with Gasteiger partial charge in [0, 0.05) is 44.6 Å². The average molecular weight is 555 g/mol. The number of fused-ring (bicyclic) bond motifs is 1. The standard InChI is InChI=1S/C27H24Cl2N4O5/c1-31(15-25(34)35)26(36)17-12-20(29)24(13-19(17)28)38-23-8-9-30-14-18(23)27(37)33-11-10-32(16-6-7-16)21-4-2-3-5-22(21)33/h2-5,8-9,12-14,16H,6-7,10-11,15H2,1H3,(H,34,35). The predicted octanol–water partition coefficient (Wildman–Crippen LogP) is 4.97. The maximum Gasteiger partial charge on any atom is 0.323 e. The van der Waals surface area contributed by atoms with Crippen molar-refractivity contribution in [3.8, 4) is 11.5 Å². The number of nitrogens with zero attached hydrogens (tertiary/aromatic N) is 4. The molecule has 11 heteroatoms. The van der Waals surface area contributed by atoms with Gasteiger partial charge in [0.15, 0.2) is 0 Å². The number of para-hydroxylation sites is 2. The van der Waals surface area contributed by atoms with Crippen LogP contribution < -0.4 is 14.5 Å². The number of aliphatic carboxylic acids is 1. The summed E-state index contributed by atoms with van der Waals surface area (Å²) in [4.78, 5) is 46.6. The quantitative estimate of drug-likeness (QED) is 0.439. The van der Waals surface area contributed by atoms with Crippen LogP contribution in [0, 0.1) is 0 Å². The van der Waals surface area contributed by atoms with Crippen LogP contribution >= 0.6 is 23.2 Å². The molecule has 38 heavy (non-hydrogen) atoms. The molecule has 0 spiro atoms. The van der Waals surface area contributed by atoms with Crippen LogP contribution in [-0.4, -0.2) is 65.5 Å². The Morgan fingerprint density at radius 1 is 1.03 bits per heavy atom. The summed E-state index contributed by atoms with van der Waals surface area (Å²) in [6.07, 6.45) is 5.26. The monoisotopic (exact) mass is 554 g/mol. The van der Waals surface area contributed by atoms with Crippen LogP contribution in [0.4, 0.5) is 11.4 Å². The van der Waals surface area contributed by atoms with Crippen molar-refractivity contribution in [1.82, 2.24) is 9.88 Å². The van der Waals surface area contributed by atoms with Gasteiger partial charge in [0.25, 0.3) is 11.8 Å². The Kier molecular flexibility index (Phi) is 7.14. The van der Waals surface area contributed by atoms with Crippen molar-refractivity contribution in [2.75, 3.05) is 36.5 Å². The first-order valence-corrected chi connectivity index (χ1v) is 12.8. The summed E-state index contributed by atoms with van der Waals surface area (Å²) in [5, 5.41) is 9.06. The number of halogens is 2. The topological polar surface area (TPSA) is 103 Å². The van der Waals surface area contributed by atoms with E-state index in [0.29, 0.717) is 12.6 Å². The number of benzene rings is 2. The number of carboxylic acids is 1. The lowest BCUT2D eigenvalue weighted by atomic mass is 10.1. The molecule has 0 radical (unpaired) electrons. The number of likely N-dealkylation sites (N-methyl/N-ethyl adjacent to an activating group) is 1. The third-order valence-electron chi connectivity index (χ3n) is 6.48. The second kappa shape index (κ2) is 10.5. The van der Waals surface area contributed by atoms with Crippen LogP contribution in [-0.2, 0) is 4.79 Å². The molecule has 0 unspecified atom stereocenters. The first-order chi connectivity index (χ1) is 18.2. The Balaban J connectivity index is 1.42. The van der Waals surface area contributed by atoms with Crippen molar-refractivity contribution in [2.24, 2.45) is 0 Å². The number of hydrogen-bond donors (Lipinski definition) is 1. The molecule has 196 valence electrons. The van der Waals surface area contributed by atoms with Crippen molar-refractivity contribution >= 4 is 52.4 Å². The second-order valence-electron chi connectivity index (χ2n) is 9.16. The Morgan fingerprint density at radius 2 is 1.76 bits per heavy atom. The van der Waals surface area contributed by atoms with Crippen LogP contribution in [0.2, 0.25) is 10.0 Å². The summed E-state index contributed by atoms with van der Waals surface area (Å²) in [5.41, 5.74) is 2.14. The van der Waals surface area contributed by atoms with E-state index in [9.17, 15) is 14.4 Å². The van der Waals surface area contributed by atoms with Crippen molar-refractivity contribution in [3.63, 3.8) is 0 Å². The molecule has 3 aromatic rings. The molecular weight excluding hydrogens is 531 g/mol. The number of pyridine rings is 1. The lowest BCUT2D eigenvalue weighted by molar-refractivity contribution is -0.137. The molecule has 5 rings (SSSR count). The zero-order valence-corrected chi connectivity index (χ0v) is 21.9. The molecule has 2 amide bonds. The van der Waals surface area contributed by atoms with Gasteiger partial charge in [-0.15, -0.1) is 0 Å². The summed E-state index contributed by atoms with van der Waals surface area (Å²) in [6.45, 7) is 0.761. The van der Waals surface area contributed by atoms with E-state index in [0.717, 1.165) is 35.7 Å². The van der Waals surface area contributed by atoms with Crippen molar-refractivity contribution in [3.05, 3.63) is 76.0 Å². The van der Waals surface area contributed by atoms with Gasteiger partial charge in [-0.05, 0) is 37.1 Å². The molecule has 2 heterocycles. The molecule has 1 saturated carbocycles. The van der Waals surface area contributed by atoms with Crippen LogP contribution in [0.15, 0.2) is 54.9 Å². The molecule has 0 atom stereocenters. The minimum absolute atomic E-state index is 0.0266. The molecule has 0 saturated heterocycles. The van der Waals surface area contributed by atoms with Gasteiger partial charge >= 0.3 is 5.97 Å². The predicted molar refractivity (Wildman–Crippen MR) is 144 cm³/mol. The largest absolute Gasteiger partial charge is 0.480 e. The minimum Gasteiger partial charge on any atom is -0.480 e. The summed E-state index contributed by atoms with van der Waals surface area (Å²) in [7, 11) is 1.35. The summed E-state index contributed by atoms with van der Waals surface area (Å²) in [5.74, 6) is -1.66. The minimum atomic E-state index is -1.16. The van der Waals surface area contributed by atoms with E-state index in [2.05, 4.69) is 9.88 Å². The van der Waals surface area contributed by atoms with Gasteiger partial charge in [-0.2, -0.15) is 0 Å². The summed E-state index contributed by atoms with van der Waals surface area (Å²) < 4.78 is 6.02. The van der Waals surface area contributed by atoms with Crippen LogP contribution in [0.25, 0.3) is 0 Å². The number of rotatable bonds is 7. The average Bonchev–Trinajstić information content (AvgIpc) is 3.74. The van der Waals surface area contributed by atoms with Gasteiger partial charge in [0.1, 0.15) is 23.6 Å². The van der Waals surface area contributed by atoms with Crippen molar-refractivity contribution < 1.29 is 24.2 Å². The molecule has 2 aliphatic rings. The van der Waals surface area contributed by atoms with Gasteiger partial charge in [-0.3, -0.25) is 19.4 Å². The molecule has 1 fully saturated rings. The number of aromatic nitrogens is 1. The number of anilines is 2. The van der Waals surface area contributed by atoms with Crippen molar-refractivity contribution in [2.45, 2.75) is 18.9 Å². The number of carbonyl (C=O) groups is 3. The third kappa shape index (κ3) is 5.12. The van der Waals surface area contributed by atoms with E-state index >= 15 is 0 Å². The lowest BCUT2D eigenvalue weighted by Gasteiger charge is -2.38. The number of carbonyl (C=O) groups excluding carboxylic acids is 2. The van der Waals surface area contributed by atoms with Gasteiger partial charge in [-0.25, -0.2) is 0 Å². The van der Waals surface area contributed by atoms with Crippen molar-refractivity contribution in [1.29, 1.82) is 0 Å². The lowest BCUT2D eigenvalue weighted by Crippen LogP contribution is -2.45. The highest BCUT2D eigenvalue weighted by Gasteiger charge is 2.36. The molecule has 1 aliphatic carbocycles. The highest BCUT2D eigenvalue weighted by Crippen LogP contribution is 2.41. The second-order valence-corrected chi connectivity index (χ2v) is 9.98. The van der Waals surface area contributed by atoms with Gasteiger partial charge in [0.2, 0.25) is 0 Å². The zero-order chi connectivity index (χ0) is 27.0. The first-order valence-electron chi connectivity index (χ1n) is 12.0. The summed E-state index contributed by atoms with van der Waals surface area (Å²) in [6, 6.07) is 12.6. The first kappa shape index (κ1) is 25.8. The number of ether oxygens (including phenoxy) is 1. The Labute approximate surface area is 229 Å². The smallest absolute Gasteiger partial charge is 0.323 e. The highest BCUT2D eigenvalue weighted by atomic mass is 35.5. The van der Waals surface area contributed by atoms with Gasteiger partial charge < -0.3 is 24.5 Å².